The fraction of sp³-hybridized carbons (Fsp3) is 0.500. The molecule has 3 nitrogen and oxygen atoms in total. The number of aliphatic hydroxyl groups is 1. The lowest BCUT2D eigenvalue weighted by molar-refractivity contribution is 0.0143. The van der Waals surface area contributed by atoms with Crippen LogP contribution in [0.2, 0.25) is 0 Å². The summed E-state index contributed by atoms with van der Waals surface area (Å²) in [6.45, 7) is 29.0. The Balaban J connectivity index is 0. The van der Waals surface area contributed by atoms with E-state index in [0.717, 1.165) is 53.5 Å². The average molecular weight is 546 g/mol. The molecule has 0 atom stereocenters. The summed E-state index contributed by atoms with van der Waals surface area (Å²) >= 11 is 0. The number of allylic oxidation sites excluding steroid dienone is 5. The van der Waals surface area contributed by atoms with Gasteiger partial charge in [0.2, 0.25) is 0 Å². The van der Waals surface area contributed by atoms with E-state index in [-0.39, 0.29) is 5.56 Å². The quantitative estimate of drug-likeness (QED) is 0.116. The Morgan fingerprint density at radius 1 is 1.08 bits per heavy atom. The summed E-state index contributed by atoms with van der Waals surface area (Å²) in [7, 11) is 0. The fourth-order valence-corrected chi connectivity index (χ4v) is 3.09. The summed E-state index contributed by atoms with van der Waals surface area (Å²) < 4.78 is 33.7. The van der Waals surface area contributed by atoms with Crippen LogP contribution in [0.5, 0.6) is 5.75 Å². The minimum absolute atomic E-state index is 0.0560. The number of nitrogens with zero attached hydrogens (tertiary/aromatic N) is 1. The minimum atomic E-state index is -2.94. The molecule has 0 bridgehead atoms. The van der Waals surface area contributed by atoms with Gasteiger partial charge in [-0.25, -0.2) is 8.78 Å². The SMILES string of the molecule is C=C(C)/C=C(C(=C)C)\C(=C/C)N=C(C)CCCOc1c(CC)cccc1C(C)(F)F.C=C(C)CC.CCCO. The van der Waals surface area contributed by atoms with Crippen molar-refractivity contribution in [2.24, 2.45) is 4.99 Å². The molecule has 0 fully saturated rings. The summed E-state index contributed by atoms with van der Waals surface area (Å²) in [5, 5.41) is 7.88. The number of aliphatic hydroxyl groups excluding tert-OH is 1. The molecule has 39 heavy (non-hydrogen) atoms. The number of ether oxygens (including phenoxy) is 1. The highest BCUT2D eigenvalue weighted by atomic mass is 19.3. The second-order valence-corrected chi connectivity index (χ2v) is 9.73. The number of hydrogen-bond acceptors (Lipinski definition) is 3. The van der Waals surface area contributed by atoms with Gasteiger partial charge in [0.15, 0.2) is 0 Å². The van der Waals surface area contributed by atoms with Crippen molar-refractivity contribution in [1.82, 2.24) is 0 Å². The third-order valence-corrected chi connectivity index (χ3v) is 5.42. The molecule has 0 amide bonds. The van der Waals surface area contributed by atoms with Gasteiger partial charge in [0.05, 0.1) is 17.9 Å². The summed E-state index contributed by atoms with van der Waals surface area (Å²) in [6.07, 6.45) is 7.96. The Kier molecular flexibility index (Phi) is 20.7. The maximum absolute atomic E-state index is 14.0. The van der Waals surface area contributed by atoms with Crippen molar-refractivity contribution in [3.63, 3.8) is 0 Å². The number of hydrogen-bond donors (Lipinski definition) is 1. The topological polar surface area (TPSA) is 41.8 Å². The van der Waals surface area contributed by atoms with Crippen LogP contribution >= 0.6 is 0 Å². The Hall–Kier alpha value is -2.79. The van der Waals surface area contributed by atoms with Gasteiger partial charge in [0.1, 0.15) is 5.75 Å². The molecule has 0 aliphatic carbocycles. The zero-order valence-electron chi connectivity index (χ0n) is 26.0. The van der Waals surface area contributed by atoms with Crippen LogP contribution in [0.1, 0.15) is 99.1 Å². The van der Waals surface area contributed by atoms with Crippen LogP contribution < -0.4 is 4.74 Å². The fourth-order valence-electron chi connectivity index (χ4n) is 3.09. The maximum atomic E-state index is 14.0. The van der Waals surface area contributed by atoms with Crippen LogP contribution in [-0.4, -0.2) is 24.0 Å². The van der Waals surface area contributed by atoms with Gasteiger partial charge in [-0.05, 0) is 83.9 Å². The van der Waals surface area contributed by atoms with E-state index >= 15 is 0 Å². The Bertz CT molecular complexity index is 993. The van der Waals surface area contributed by atoms with Crippen molar-refractivity contribution in [2.75, 3.05) is 13.2 Å². The Morgan fingerprint density at radius 2 is 1.64 bits per heavy atom. The van der Waals surface area contributed by atoms with Gasteiger partial charge in [0, 0.05) is 24.8 Å². The van der Waals surface area contributed by atoms with Crippen LogP contribution in [0, 0.1) is 0 Å². The third-order valence-electron chi connectivity index (χ3n) is 5.42. The van der Waals surface area contributed by atoms with Gasteiger partial charge in [-0.2, -0.15) is 0 Å². The predicted octanol–water partition coefficient (Wildman–Crippen LogP) is 10.3. The van der Waals surface area contributed by atoms with Gasteiger partial charge in [-0.15, -0.1) is 6.58 Å². The van der Waals surface area contributed by atoms with Crippen molar-refractivity contribution in [1.29, 1.82) is 0 Å². The number of para-hydroxylation sites is 1. The third kappa shape index (κ3) is 17.4. The first-order chi connectivity index (χ1) is 18.2. The lowest BCUT2D eigenvalue weighted by Crippen LogP contribution is -2.12. The van der Waals surface area contributed by atoms with Crippen LogP contribution in [0.25, 0.3) is 0 Å². The monoisotopic (exact) mass is 545 g/mol. The standard InChI is InChI=1S/C26H35F2NO.C5H10.C3H8O/c1-9-21-14-11-15-23(26(8,27)28)25(21)30-16-12-13-20(7)29-24(10-2)22(19(5)6)17-18(3)4;1-4-5(2)3;1-2-3-4/h10-11,14-15,17H,3,5,9,12-13,16H2,1-2,4,6-8H3;2,4H2,1,3H3;4H,2-3H2,1H3/b22-17-,24-10+,29-20?;;. The molecule has 1 N–H and O–H groups in total. The molecular weight excluding hydrogens is 492 g/mol. The van der Waals surface area contributed by atoms with E-state index in [9.17, 15) is 8.78 Å². The van der Waals surface area contributed by atoms with E-state index < -0.39 is 5.92 Å². The number of aryl methyl sites for hydroxylation is 1. The Morgan fingerprint density at radius 3 is 2.03 bits per heavy atom. The molecule has 0 unspecified atom stereocenters. The van der Waals surface area contributed by atoms with Gasteiger partial charge < -0.3 is 9.84 Å². The summed E-state index contributed by atoms with van der Waals surface area (Å²) in [6, 6.07) is 4.93. The second kappa shape index (κ2) is 21.1. The molecule has 5 heteroatoms. The minimum Gasteiger partial charge on any atom is -0.493 e. The number of halogens is 2. The van der Waals surface area contributed by atoms with Crippen molar-refractivity contribution in [3.8, 4) is 5.75 Å². The largest absolute Gasteiger partial charge is 0.493 e. The van der Waals surface area contributed by atoms with Gasteiger partial charge in [-0.3, -0.25) is 4.99 Å². The average Bonchev–Trinajstić information content (AvgIpc) is 2.87. The Labute approximate surface area is 237 Å². The van der Waals surface area contributed by atoms with Gasteiger partial charge in [-0.1, -0.05) is 69.4 Å². The van der Waals surface area contributed by atoms with E-state index in [2.05, 4.69) is 26.7 Å². The molecule has 0 radical (unpaired) electrons. The van der Waals surface area contributed by atoms with E-state index in [1.165, 1.54) is 11.6 Å². The molecular formula is C34H53F2NO2. The number of alkyl halides is 2. The lowest BCUT2D eigenvalue weighted by Gasteiger charge is -2.19. The first kappa shape index (κ1) is 38.4. The number of benzene rings is 1. The van der Waals surface area contributed by atoms with E-state index in [0.29, 0.717) is 38.2 Å². The molecule has 0 aliphatic heterocycles. The summed E-state index contributed by atoms with van der Waals surface area (Å²) in [5.41, 5.74) is 6.63. The molecule has 0 heterocycles. The van der Waals surface area contributed by atoms with E-state index in [1.54, 1.807) is 6.07 Å². The molecule has 0 saturated heterocycles. The first-order valence-corrected chi connectivity index (χ1v) is 13.8. The highest BCUT2D eigenvalue weighted by Gasteiger charge is 2.29. The molecule has 1 aromatic rings. The predicted molar refractivity (Wildman–Crippen MR) is 167 cm³/mol. The number of rotatable bonds is 13. The molecule has 220 valence electrons. The van der Waals surface area contributed by atoms with Crippen LogP contribution in [0.4, 0.5) is 8.78 Å². The number of aliphatic imine (C=N–C) groups is 1. The van der Waals surface area contributed by atoms with Crippen molar-refractivity contribution < 1.29 is 18.6 Å². The van der Waals surface area contributed by atoms with E-state index in [1.807, 2.05) is 66.7 Å². The first-order valence-electron chi connectivity index (χ1n) is 13.8. The molecule has 0 spiro atoms. The molecule has 1 aromatic carbocycles. The lowest BCUT2D eigenvalue weighted by atomic mass is 10.0. The molecule has 0 saturated carbocycles. The molecule has 1 rings (SSSR count). The highest BCUT2D eigenvalue weighted by Crippen LogP contribution is 2.37. The van der Waals surface area contributed by atoms with Crippen LogP contribution in [0.3, 0.4) is 0 Å². The summed E-state index contributed by atoms with van der Waals surface area (Å²) in [4.78, 5) is 4.74. The maximum Gasteiger partial charge on any atom is 0.274 e. The van der Waals surface area contributed by atoms with E-state index in [4.69, 9.17) is 14.8 Å². The smallest absolute Gasteiger partial charge is 0.274 e. The van der Waals surface area contributed by atoms with Crippen LogP contribution in [0.15, 0.2) is 83.1 Å². The highest BCUT2D eigenvalue weighted by molar-refractivity contribution is 5.83. The zero-order valence-corrected chi connectivity index (χ0v) is 26.0. The molecule has 0 aromatic heterocycles. The second-order valence-electron chi connectivity index (χ2n) is 9.73. The van der Waals surface area contributed by atoms with Crippen molar-refractivity contribution >= 4 is 5.71 Å². The van der Waals surface area contributed by atoms with Crippen molar-refractivity contribution in [3.05, 3.63) is 89.2 Å². The zero-order chi connectivity index (χ0) is 30.6. The van der Waals surface area contributed by atoms with Crippen molar-refractivity contribution in [2.45, 2.75) is 100 Å². The van der Waals surface area contributed by atoms with Gasteiger partial charge in [0.25, 0.3) is 5.92 Å². The van der Waals surface area contributed by atoms with Gasteiger partial charge >= 0.3 is 0 Å². The normalized spacial score (nSPS) is 12.1. The summed E-state index contributed by atoms with van der Waals surface area (Å²) in [5.74, 6) is -2.63. The molecule has 0 aliphatic rings. The van der Waals surface area contributed by atoms with Crippen LogP contribution in [-0.2, 0) is 12.3 Å².